The molecule has 104 valence electrons. The van der Waals surface area contributed by atoms with Crippen molar-refractivity contribution >= 4 is 17.8 Å². The maximum absolute atomic E-state index is 11.1. The molecule has 5 heteroatoms. The minimum Gasteiger partial charge on any atom is -0.433 e. The standard InChI is InChI=1S/C14H18ClNO3/c15-11-19-14(17)18-10-13-7-4-8-16(13)9-12-5-2-1-3-6-12/h1-3,5-6,13H,4,7-11H2. The van der Waals surface area contributed by atoms with Crippen LogP contribution in [0, 0.1) is 0 Å². The smallest absolute Gasteiger partial charge is 0.433 e. The van der Waals surface area contributed by atoms with Crippen molar-refractivity contribution in [2.24, 2.45) is 0 Å². The van der Waals surface area contributed by atoms with Gasteiger partial charge in [0, 0.05) is 12.6 Å². The summed E-state index contributed by atoms with van der Waals surface area (Å²) in [4.78, 5) is 13.5. The molecule has 1 unspecified atom stereocenters. The van der Waals surface area contributed by atoms with E-state index in [4.69, 9.17) is 16.3 Å². The van der Waals surface area contributed by atoms with Crippen molar-refractivity contribution in [2.75, 3.05) is 19.2 Å². The van der Waals surface area contributed by atoms with Gasteiger partial charge in [0.15, 0.2) is 6.07 Å². The average molecular weight is 284 g/mol. The largest absolute Gasteiger partial charge is 0.509 e. The van der Waals surface area contributed by atoms with Crippen LogP contribution in [0.1, 0.15) is 18.4 Å². The van der Waals surface area contributed by atoms with E-state index in [-0.39, 0.29) is 12.1 Å². The van der Waals surface area contributed by atoms with Gasteiger partial charge in [-0.05, 0) is 24.9 Å². The minimum atomic E-state index is -0.693. The third-order valence-corrected chi connectivity index (χ3v) is 3.40. The number of ether oxygens (including phenoxy) is 2. The molecule has 1 aliphatic heterocycles. The first-order valence-electron chi connectivity index (χ1n) is 6.43. The molecular formula is C14H18ClNO3. The summed E-state index contributed by atoms with van der Waals surface area (Å²) in [5.41, 5.74) is 1.28. The minimum absolute atomic E-state index is 0.169. The quantitative estimate of drug-likeness (QED) is 0.615. The monoisotopic (exact) mass is 283 g/mol. The van der Waals surface area contributed by atoms with Crippen LogP contribution in [-0.4, -0.2) is 36.3 Å². The van der Waals surface area contributed by atoms with Crippen LogP contribution in [0.15, 0.2) is 30.3 Å². The lowest BCUT2D eigenvalue weighted by Crippen LogP contribution is -2.33. The van der Waals surface area contributed by atoms with Gasteiger partial charge in [-0.15, -0.1) is 0 Å². The molecule has 2 rings (SSSR count). The molecule has 1 aromatic rings. The summed E-state index contributed by atoms with van der Waals surface area (Å²) in [6, 6.07) is 10.4. The predicted octanol–water partition coefficient (Wildman–Crippen LogP) is 3.00. The third kappa shape index (κ3) is 4.40. The van der Waals surface area contributed by atoms with Crippen LogP contribution in [0.5, 0.6) is 0 Å². The van der Waals surface area contributed by atoms with Crippen molar-refractivity contribution in [3.63, 3.8) is 0 Å². The summed E-state index contributed by atoms with van der Waals surface area (Å²) < 4.78 is 9.59. The number of carbonyl (C=O) groups excluding carboxylic acids is 1. The van der Waals surface area contributed by atoms with Crippen LogP contribution >= 0.6 is 11.6 Å². The fourth-order valence-electron chi connectivity index (χ4n) is 2.36. The van der Waals surface area contributed by atoms with Crippen LogP contribution in [-0.2, 0) is 16.0 Å². The van der Waals surface area contributed by atoms with E-state index < -0.39 is 6.16 Å². The van der Waals surface area contributed by atoms with Gasteiger partial charge in [0.25, 0.3) is 0 Å². The number of carbonyl (C=O) groups is 1. The number of halogens is 1. The molecule has 1 aromatic carbocycles. The van der Waals surface area contributed by atoms with Crippen LogP contribution in [0.3, 0.4) is 0 Å². The highest BCUT2D eigenvalue weighted by molar-refractivity contribution is 6.17. The van der Waals surface area contributed by atoms with Crippen molar-refractivity contribution < 1.29 is 14.3 Å². The maximum atomic E-state index is 11.1. The first-order valence-corrected chi connectivity index (χ1v) is 6.96. The molecule has 0 radical (unpaired) electrons. The first kappa shape index (κ1) is 14.2. The summed E-state index contributed by atoms with van der Waals surface area (Å²) in [6.45, 7) is 2.29. The maximum Gasteiger partial charge on any atom is 0.509 e. The lowest BCUT2D eigenvalue weighted by molar-refractivity contribution is 0.0467. The van der Waals surface area contributed by atoms with Crippen molar-refractivity contribution in [1.82, 2.24) is 4.90 Å². The van der Waals surface area contributed by atoms with Gasteiger partial charge in [-0.1, -0.05) is 41.9 Å². The zero-order valence-corrected chi connectivity index (χ0v) is 11.5. The van der Waals surface area contributed by atoms with Crippen molar-refractivity contribution in [3.8, 4) is 0 Å². The molecule has 0 bridgehead atoms. The zero-order valence-electron chi connectivity index (χ0n) is 10.8. The predicted molar refractivity (Wildman–Crippen MR) is 73.0 cm³/mol. The Balaban J connectivity index is 1.82. The first-order chi connectivity index (χ1) is 9.29. The second-order valence-corrected chi connectivity index (χ2v) is 4.78. The van der Waals surface area contributed by atoms with E-state index in [1.54, 1.807) is 0 Å². The Morgan fingerprint density at radius 2 is 2.11 bits per heavy atom. The van der Waals surface area contributed by atoms with Gasteiger partial charge in [0.05, 0.1) is 0 Å². The third-order valence-electron chi connectivity index (χ3n) is 3.29. The number of likely N-dealkylation sites (tertiary alicyclic amines) is 1. The summed E-state index contributed by atoms with van der Waals surface area (Å²) in [6.07, 6.45) is 1.48. The number of nitrogens with zero attached hydrogens (tertiary/aromatic N) is 1. The normalized spacial score (nSPS) is 19.3. The van der Waals surface area contributed by atoms with E-state index in [2.05, 4.69) is 21.8 Å². The molecule has 0 saturated carbocycles. The van der Waals surface area contributed by atoms with Crippen molar-refractivity contribution in [3.05, 3.63) is 35.9 Å². The van der Waals surface area contributed by atoms with E-state index in [0.717, 1.165) is 25.9 Å². The molecule has 1 fully saturated rings. The van der Waals surface area contributed by atoms with Crippen LogP contribution < -0.4 is 0 Å². The Morgan fingerprint density at radius 1 is 1.32 bits per heavy atom. The molecule has 4 nitrogen and oxygen atoms in total. The highest BCUT2D eigenvalue weighted by Crippen LogP contribution is 2.20. The van der Waals surface area contributed by atoms with E-state index in [1.165, 1.54) is 5.56 Å². The van der Waals surface area contributed by atoms with Gasteiger partial charge in [-0.25, -0.2) is 4.79 Å². The molecule has 19 heavy (non-hydrogen) atoms. The molecular weight excluding hydrogens is 266 g/mol. The summed E-state index contributed by atoms with van der Waals surface area (Å²) in [5.74, 6) is 0. The fraction of sp³-hybridized carbons (Fsp3) is 0.500. The van der Waals surface area contributed by atoms with Crippen molar-refractivity contribution in [1.29, 1.82) is 0 Å². The molecule has 1 heterocycles. The molecule has 1 atom stereocenters. The van der Waals surface area contributed by atoms with Gasteiger partial charge in [0.1, 0.15) is 6.61 Å². The van der Waals surface area contributed by atoms with Crippen LogP contribution in [0.2, 0.25) is 0 Å². The SMILES string of the molecule is O=C(OCCl)OCC1CCCN1Cc1ccccc1. The Hall–Kier alpha value is -1.26. The Labute approximate surface area is 118 Å². The number of alkyl halides is 1. The number of hydrogen-bond donors (Lipinski definition) is 0. The molecule has 1 saturated heterocycles. The van der Waals surface area contributed by atoms with Gasteiger partial charge in [-0.2, -0.15) is 0 Å². The second-order valence-electron chi connectivity index (χ2n) is 4.57. The van der Waals surface area contributed by atoms with E-state index in [1.807, 2.05) is 18.2 Å². The van der Waals surface area contributed by atoms with Crippen LogP contribution in [0.25, 0.3) is 0 Å². The fourth-order valence-corrected chi connectivity index (χ4v) is 2.45. The Bertz CT molecular complexity index is 399. The highest BCUT2D eigenvalue weighted by atomic mass is 35.5. The van der Waals surface area contributed by atoms with E-state index in [9.17, 15) is 4.79 Å². The summed E-state index contributed by atoms with van der Waals surface area (Å²) in [5, 5.41) is 0. The topological polar surface area (TPSA) is 38.8 Å². The van der Waals surface area contributed by atoms with Gasteiger partial charge in [-0.3, -0.25) is 4.90 Å². The van der Waals surface area contributed by atoms with Gasteiger partial charge >= 0.3 is 6.16 Å². The lowest BCUT2D eigenvalue weighted by Gasteiger charge is -2.23. The highest BCUT2D eigenvalue weighted by Gasteiger charge is 2.25. The number of rotatable bonds is 5. The summed E-state index contributed by atoms with van der Waals surface area (Å²) >= 11 is 5.29. The molecule has 1 aliphatic rings. The molecule has 0 spiro atoms. The molecule has 0 aromatic heterocycles. The lowest BCUT2D eigenvalue weighted by atomic mass is 10.2. The summed E-state index contributed by atoms with van der Waals surface area (Å²) in [7, 11) is 0. The van der Waals surface area contributed by atoms with Crippen LogP contribution in [0.4, 0.5) is 4.79 Å². The molecule has 0 N–H and O–H groups in total. The zero-order chi connectivity index (χ0) is 13.5. The second kappa shape index (κ2) is 7.36. The Kier molecular flexibility index (Phi) is 5.48. The number of hydrogen-bond acceptors (Lipinski definition) is 4. The van der Waals surface area contributed by atoms with Crippen molar-refractivity contribution in [2.45, 2.75) is 25.4 Å². The molecule has 0 amide bonds. The van der Waals surface area contributed by atoms with Gasteiger partial charge in [0.2, 0.25) is 0 Å². The van der Waals surface area contributed by atoms with E-state index in [0.29, 0.717) is 6.61 Å². The number of benzene rings is 1. The molecule has 0 aliphatic carbocycles. The van der Waals surface area contributed by atoms with E-state index >= 15 is 0 Å². The average Bonchev–Trinajstić information content (AvgIpc) is 2.85. The van der Waals surface area contributed by atoms with Gasteiger partial charge < -0.3 is 9.47 Å². The Morgan fingerprint density at radius 3 is 2.84 bits per heavy atom.